The van der Waals surface area contributed by atoms with Crippen molar-refractivity contribution in [3.8, 4) is 5.75 Å². The highest BCUT2D eigenvalue weighted by atomic mass is 32.1. The standard InChI is InChI=1S/C17H16N2O3S/c1-3-11-19-16(21)14(15(20)18-17(19)23)6-4-5-12-7-9-13(22-2)10-8-12/h3-10H,1,11H2,2H3,(H,18,20,23)/b5-4-,14-6+. The molecule has 2 amide bonds. The molecule has 0 unspecified atom stereocenters. The Morgan fingerprint density at radius 1 is 1.30 bits per heavy atom. The number of carbonyl (C=O) groups excluding carboxylic acids is 2. The van der Waals surface area contributed by atoms with E-state index in [2.05, 4.69) is 11.9 Å². The van der Waals surface area contributed by atoms with Gasteiger partial charge in [0.15, 0.2) is 5.11 Å². The number of nitrogens with one attached hydrogen (secondary N) is 1. The molecule has 0 saturated carbocycles. The van der Waals surface area contributed by atoms with E-state index in [9.17, 15) is 9.59 Å². The molecule has 23 heavy (non-hydrogen) atoms. The molecule has 1 aliphatic heterocycles. The summed E-state index contributed by atoms with van der Waals surface area (Å²) in [5.41, 5.74) is 0.954. The molecule has 0 atom stereocenters. The van der Waals surface area contributed by atoms with Gasteiger partial charge in [0, 0.05) is 6.54 Å². The fraction of sp³-hybridized carbons (Fsp3) is 0.118. The lowest BCUT2D eigenvalue weighted by Gasteiger charge is -2.27. The molecule has 1 saturated heterocycles. The Morgan fingerprint density at radius 2 is 2.00 bits per heavy atom. The van der Waals surface area contributed by atoms with Gasteiger partial charge in [0.1, 0.15) is 11.3 Å². The normalized spacial score (nSPS) is 16.8. The van der Waals surface area contributed by atoms with Crippen LogP contribution in [0.1, 0.15) is 5.56 Å². The number of carbonyl (C=O) groups is 2. The van der Waals surface area contributed by atoms with Crippen LogP contribution >= 0.6 is 12.2 Å². The summed E-state index contributed by atoms with van der Waals surface area (Å²) in [5, 5.41) is 2.58. The maximum absolute atomic E-state index is 12.3. The number of hydrogen-bond acceptors (Lipinski definition) is 4. The summed E-state index contributed by atoms with van der Waals surface area (Å²) < 4.78 is 5.08. The van der Waals surface area contributed by atoms with Gasteiger partial charge in [-0.3, -0.25) is 19.8 Å². The van der Waals surface area contributed by atoms with Crippen LogP contribution in [0.3, 0.4) is 0 Å². The maximum Gasteiger partial charge on any atom is 0.265 e. The van der Waals surface area contributed by atoms with Crippen LogP contribution in [-0.2, 0) is 9.59 Å². The summed E-state index contributed by atoms with van der Waals surface area (Å²) >= 11 is 4.98. The minimum Gasteiger partial charge on any atom is -0.497 e. The summed E-state index contributed by atoms with van der Waals surface area (Å²) in [4.78, 5) is 25.5. The number of nitrogens with zero attached hydrogens (tertiary/aromatic N) is 1. The molecule has 1 fully saturated rings. The summed E-state index contributed by atoms with van der Waals surface area (Å²) in [6.07, 6.45) is 6.46. The van der Waals surface area contributed by atoms with E-state index in [1.54, 1.807) is 25.3 Å². The number of hydrogen-bond donors (Lipinski definition) is 1. The van der Waals surface area contributed by atoms with E-state index in [0.29, 0.717) is 0 Å². The first kappa shape index (κ1) is 16.6. The number of methoxy groups -OCH3 is 1. The molecule has 0 aromatic heterocycles. The van der Waals surface area contributed by atoms with Crippen molar-refractivity contribution in [1.82, 2.24) is 10.2 Å². The number of amides is 2. The molecule has 1 heterocycles. The minimum absolute atomic E-state index is 0.0326. The number of thiocarbonyl (C=S) groups is 1. The molecular weight excluding hydrogens is 312 g/mol. The van der Waals surface area contributed by atoms with E-state index < -0.39 is 11.8 Å². The molecule has 1 N–H and O–H groups in total. The SMILES string of the molecule is C=CCN1C(=O)/C(=C/C=C\c2ccc(OC)cc2)C(=O)NC1=S. The summed E-state index contributed by atoms with van der Waals surface area (Å²) in [5.74, 6) is -0.173. The first-order valence-electron chi connectivity index (χ1n) is 6.87. The highest BCUT2D eigenvalue weighted by Crippen LogP contribution is 2.14. The Kier molecular flexibility index (Phi) is 5.43. The van der Waals surface area contributed by atoms with Crippen LogP contribution in [0.25, 0.3) is 6.08 Å². The van der Waals surface area contributed by atoms with E-state index in [-0.39, 0.29) is 17.2 Å². The Hall–Kier alpha value is -2.73. The number of allylic oxidation sites excluding steroid dienone is 2. The predicted octanol–water partition coefficient (Wildman–Crippen LogP) is 2.06. The van der Waals surface area contributed by atoms with Crippen LogP contribution < -0.4 is 10.1 Å². The van der Waals surface area contributed by atoms with Gasteiger partial charge in [0.25, 0.3) is 11.8 Å². The topological polar surface area (TPSA) is 58.6 Å². The van der Waals surface area contributed by atoms with Gasteiger partial charge in [0.05, 0.1) is 7.11 Å². The monoisotopic (exact) mass is 328 g/mol. The average molecular weight is 328 g/mol. The van der Waals surface area contributed by atoms with Crippen LogP contribution in [0, 0.1) is 0 Å². The van der Waals surface area contributed by atoms with Gasteiger partial charge in [-0.1, -0.05) is 30.4 Å². The zero-order valence-electron chi connectivity index (χ0n) is 12.6. The Labute approximate surface area is 139 Å². The third kappa shape index (κ3) is 3.92. The number of ether oxygens (including phenoxy) is 1. The second kappa shape index (κ2) is 7.51. The van der Waals surface area contributed by atoms with Crippen molar-refractivity contribution >= 4 is 35.2 Å². The van der Waals surface area contributed by atoms with Gasteiger partial charge in [-0.2, -0.15) is 0 Å². The molecule has 0 bridgehead atoms. The molecule has 0 radical (unpaired) electrons. The molecule has 1 aromatic rings. The average Bonchev–Trinajstić information content (AvgIpc) is 2.55. The summed E-state index contributed by atoms with van der Waals surface area (Å²) in [6, 6.07) is 7.40. The first-order chi connectivity index (χ1) is 11.1. The zero-order chi connectivity index (χ0) is 16.8. The molecule has 1 aliphatic rings. The van der Waals surface area contributed by atoms with Crippen molar-refractivity contribution in [1.29, 1.82) is 0 Å². The minimum atomic E-state index is -0.500. The molecular formula is C17H16N2O3S. The third-order valence-electron chi connectivity index (χ3n) is 3.16. The highest BCUT2D eigenvalue weighted by Gasteiger charge is 2.31. The Bertz CT molecular complexity index is 705. The lowest BCUT2D eigenvalue weighted by Crippen LogP contribution is -2.53. The second-order valence-electron chi connectivity index (χ2n) is 4.68. The molecule has 0 aliphatic carbocycles. The van der Waals surface area contributed by atoms with E-state index in [0.717, 1.165) is 11.3 Å². The van der Waals surface area contributed by atoms with Gasteiger partial charge >= 0.3 is 0 Å². The Morgan fingerprint density at radius 3 is 2.61 bits per heavy atom. The smallest absolute Gasteiger partial charge is 0.265 e. The van der Waals surface area contributed by atoms with Crippen molar-refractivity contribution in [3.05, 3.63) is 60.2 Å². The van der Waals surface area contributed by atoms with Crippen LogP contribution in [-0.4, -0.2) is 35.5 Å². The first-order valence-corrected chi connectivity index (χ1v) is 7.28. The number of benzene rings is 1. The fourth-order valence-electron chi connectivity index (χ4n) is 1.98. The van der Waals surface area contributed by atoms with E-state index >= 15 is 0 Å². The van der Waals surface area contributed by atoms with Crippen LogP contribution in [0.4, 0.5) is 0 Å². The van der Waals surface area contributed by atoms with Crippen molar-refractivity contribution in [2.24, 2.45) is 0 Å². The van der Waals surface area contributed by atoms with Gasteiger partial charge in [-0.15, -0.1) is 6.58 Å². The number of rotatable bonds is 5. The van der Waals surface area contributed by atoms with Crippen molar-refractivity contribution < 1.29 is 14.3 Å². The van der Waals surface area contributed by atoms with E-state index in [1.165, 1.54) is 11.0 Å². The molecule has 6 heteroatoms. The highest BCUT2D eigenvalue weighted by molar-refractivity contribution is 7.80. The molecule has 2 rings (SSSR count). The molecule has 118 valence electrons. The van der Waals surface area contributed by atoms with E-state index in [4.69, 9.17) is 17.0 Å². The molecule has 1 aromatic carbocycles. The maximum atomic E-state index is 12.3. The largest absolute Gasteiger partial charge is 0.497 e. The van der Waals surface area contributed by atoms with Gasteiger partial charge in [0.2, 0.25) is 0 Å². The molecule has 0 spiro atoms. The van der Waals surface area contributed by atoms with Crippen LogP contribution in [0.15, 0.2) is 54.6 Å². The van der Waals surface area contributed by atoms with E-state index in [1.807, 2.05) is 24.3 Å². The molecule has 5 nitrogen and oxygen atoms in total. The van der Waals surface area contributed by atoms with Crippen molar-refractivity contribution in [2.45, 2.75) is 0 Å². The lowest BCUT2D eigenvalue weighted by atomic mass is 10.1. The summed E-state index contributed by atoms with van der Waals surface area (Å²) in [7, 11) is 1.60. The predicted molar refractivity (Wildman–Crippen MR) is 92.8 cm³/mol. The lowest BCUT2D eigenvalue weighted by molar-refractivity contribution is -0.128. The summed E-state index contributed by atoms with van der Waals surface area (Å²) in [6.45, 7) is 3.82. The van der Waals surface area contributed by atoms with Crippen LogP contribution in [0.2, 0.25) is 0 Å². The van der Waals surface area contributed by atoms with Gasteiger partial charge in [-0.05, 0) is 36.0 Å². The fourth-order valence-corrected chi connectivity index (χ4v) is 2.23. The third-order valence-corrected chi connectivity index (χ3v) is 3.49. The zero-order valence-corrected chi connectivity index (χ0v) is 13.4. The Balaban J connectivity index is 2.17. The van der Waals surface area contributed by atoms with Crippen molar-refractivity contribution in [2.75, 3.05) is 13.7 Å². The quantitative estimate of drug-likeness (QED) is 0.389. The van der Waals surface area contributed by atoms with Gasteiger partial charge < -0.3 is 4.74 Å². The van der Waals surface area contributed by atoms with Crippen LogP contribution in [0.5, 0.6) is 5.75 Å². The second-order valence-corrected chi connectivity index (χ2v) is 5.06. The van der Waals surface area contributed by atoms with Gasteiger partial charge in [-0.25, -0.2) is 0 Å². The van der Waals surface area contributed by atoms with Crippen molar-refractivity contribution in [3.63, 3.8) is 0 Å².